The van der Waals surface area contributed by atoms with Crippen LogP contribution in [0.3, 0.4) is 0 Å². The van der Waals surface area contributed by atoms with Gasteiger partial charge in [0.2, 0.25) is 0 Å². The van der Waals surface area contributed by atoms with Crippen molar-refractivity contribution in [2.45, 2.75) is 31.6 Å². The molecule has 2 bridgehead atoms. The molecule has 6 rings (SSSR count). The average molecular weight is 377 g/mol. The predicted octanol–water partition coefficient (Wildman–Crippen LogP) is 4.17. The molecule has 2 aromatic rings. The normalized spacial score (nSPS) is 26.4. The Hall–Kier alpha value is -2.82. The second-order valence-corrected chi connectivity index (χ2v) is 8.62. The Morgan fingerprint density at radius 3 is 2.14 bits per heavy atom. The van der Waals surface area contributed by atoms with Gasteiger partial charge in [0.25, 0.3) is 0 Å². The van der Waals surface area contributed by atoms with Crippen LogP contribution in [0, 0.1) is 10.8 Å². The van der Waals surface area contributed by atoms with Crippen molar-refractivity contribution in [3.05, 3.63) is 59.7 Å². The van der Waals surface area contributed by atoms with Gasteiger partial charge in [-0.15, -0.1) is 0 Å². The highest BCUT2D eigenvalue weighted by molar-refractivity contribution is 5.80. The van der Waals surface area contributed by atoms with Crippen LogP contribution in [0.5, 0.6) is 0 Å². The van der Waals surface area contributed by atoms with Gasteiger partial charge in [-0.1, -0.05) is 48.5 Å². The van der Waals surface area contributed by atoms with E-state index >= 15 is 0 Å². The van der Waals surface area contributed by atoms with Crippen LogP contribution in [0.25, 0.3) is 11.1 Å². The molecule has 0 atom stereocenters. The van der Waals surface area contributed by atoms with Gasteiger partial charge in [0, 0.05) is 12.5 Å². The molecule has 28 heavy (non-hydrogen) atoms. The SMILES string of the molecule is O=C(NCCC12CC(C(=O)O)(C1)C2)OCC1c2ccccc2-c2ccccc21. The van der Waals surface area contributed by atoms with Gasteiger partial charge >= 0.3 is 12.1 Å². The lowest BCUT2D eigenvalue weighted by molar-refractivity contribution is -0.224. The topological polar surface area (TPSA) is 75.6 Å². The third-order valence-electron chi connectivity index (χ3n) is 6.86. The number of carboxylic acids is 1. The number of nitrogens with one attached hydrogen (secondary N) is 1. The number of carboxylic acid groups (broad SMARTS) is 1. The highest BCUT2D eigenvalue weighted by atomic mass is 16.5. The van der Waals surface area contributed by atoms with Crippen molar-refractivity contribution in [2.24, 2.45) is 10.8 Å². The van der Waals surface area contributed by atoms with E-state index in [0.717, 1.165) is 25.7 Å². The number of aliphatic carboxylic acids is 1. The summed E-state index contributed by atoms with van der Waals surface area (Å²) in [4.78, 5) is 23.3. The molecule has 5 nitrogen and oxygen atoms in total. The summed E-state index contributed by atoms with van der Waals surface area (Å²) < 4.78 is 5.53. The van der Waals surface area contributed by atoms with E-state index in [1.54, 1.807) is 0 Å². The van der Waals surface area contributed by atoms with E-state index < -0.39 is 17.5 Å². The fraction of sp³-hybridized carbons (Fsp3) is 0.391. The number of hydrogen-bond acceptors (Lipinski definition) is 3. The molecule has 5 heteroatoms. The summed E-state index contributed by atoms with van der Waals surface area (Å²) in [5, 5.41) is 12.0. The number of carbonyl (C=O) groups is 2. The molecule has 4 aliphatic rings. The van der Waals surface area contributed by atoms with Gasteiger partial charge in [0.15, 0.2) is 0 Å². The van der Waals surface area contributed by atoms with E-state index in [-0.39, 0.29) is 11.3 Å². The van der Waals surface area contributed by atoms with Gasteiger partial charge in [0.1, 0.15) is 6.61 Å². The molecule has 144 valence electrons. The van der Waals surface area contributed by atoms with Crippen molar-refractivity contribution in [3.63, 3.8) is 0 Å². The van der Waals surface area contributed by atoms with Crippen LogP contribution in [0.15, 0.2) is 48.5 Å². The molecule has 0 heterocycles. The minimum absolute atomic E-state index is 0.0613. The Morgan fingerprint density at radius 2 is 1.57 bits per heavy atom. The summed E-state index contributed by atoms with van der Waals surface area (Å²) in [7, 11) is 0. The molecule has 0 saturated heterocycles. The third kappa shape index (κ3) is 2.53. The van der Waals surface area contributed by atoms with Crippen LogP contribution in [0.1, 0.15) is 42.7 Å². The maximum Gasteiger partial charge on any atom is 0.407 e. The standard InChI is InChI=1S/C23H23NO4/c25-20(26)23-12-22(13-23,14-23)9-10-24-21(27)28-11-19-17-7-3-1-5-15(17)16-6-2-4-8-18(16)19/h1-8,19H,9-14H2,(H,24,27)(H,25,26). The molecule has 0 aliphatic heterocycles. The second-order valence-electron chi connectivity index (χ2n) is 8.62. The number of fused-ring (bicyclic) bond motifs is 3. The van der Waals surface area contributed by atoms with Gasteiger partial charge in [-0.25, -0.2) is 4.79 Å². The highest BCUT2D eigenvalue weighted by Gasteiger charge is 2.71. The average Bonchev–Trinajstić information content (AvgIpc) is 2.94. The fourth-order valence-corrected chi connectivity index (χ4v) is 5.57. The molecule has 2 N–H and O–H groups in total. The first-order valence-corrected chi connectivity index (χ1v) is 9.84. The van der Waals surface area contributed by atoms with E-state index in [2.05, 4.69) is 29.6 Å². The third-order valence-corrected chi connectivity index (χ3v) is 6.86. The maximum absolute atomic E-state index is 12.2. The Kier molecular flexibility index (Phi) is 3.76. The van der Waals surface area contributed by atoms with Crippen LogP contribution >= 0.6 is 0 Å². The lowest BCUT2D eigenvalue weighted by atomic mass is 9.34. The minimum Gasteiger partial charge on any atom is -0.481 e. The molecule has 0 aromatic heterocycles. The van der Waals surface area contributed by atoms with Gasteiger partial charge < -0.3 is 15.2 Å². The smallest absolute Gasteiger partial charge is 0.407 e. The Morgan fingerprint density at radius 1 is 1.00 bits per heavy atom. The molecule has 0 radical (unpaired) electrons. The summed E-state index contributed by atoms with van der Waals surface area (Å²) in [6, 6.07) is 16.5. The molecule has 3 saturated carbocycles. The zero-order valence-electron chi connectivity index (χ0n) is 15.6. The minimum atomic E-state index is -0.668. The summed E-state index contributed by atoms with van der Waals surface area (Å²) in [6.45, 7) is 0.847. The van der Waals surface area contributed by atoms with E-state index in [1.165, 1.54) is 22.3 Å². The quantitative estimate of drug-likeness (QED) is 0.792. The van der Waals surface area contributed by atoms with Gasteiger partial charge in [0.05, 0.1) is 5.41 Å². The number of carbonyl (C=O) groups excluding carboxylic acids is 1. The molecule has 0 unspecified atom stereocenters. The van der Waals surface area contributed by atoms with Crippen LogP contribution in [-0.4, -0.2) is 30.3 Å². The monoisotopic (exact) mass is 377 g/mol. The van der Waals surface area contributed by atoms with E-state index in [4.69, 9.17) is 4.74 Å². The van der Waals surface area contributed by atoms with E-state index in [0.29, 0.717) is 13.2 Å². The zero-order valence-corrected chi connectivity index (χ0v) is 15.6. The zero-order chi connectivity index (χ0) is 19.4. The molecule has 4 aliphatic carbocycles. The van der Waals surface area contributed by atoms with Crippen molar-refractivity contribution in [1.29, 1.82) is 0 Å². The maximum atomic E-state index is 12.2. The van der Waals surface area contributed by atoms with Gasteiger partial charge in [-0.3, -0.25) is 4.79 Å². The first kappa shape index (κ1) is 17.3. The van der Waals surface area contributed by atoms with Crippen LogP contribution in [-0.2, 0) is 9.53 Å². The molecule has 0 spiro atoms. The lowest BCUT2D eigenvalue weighted by Gasteiger charge is -2.68. The first-order chi connectivity index (χ1) is 13.5. The number of benzene rings is 2. The largest absolute Gasteiger partial charge is 0.481 e. The Bertz CT molecular complexity index is 901. The molecule has 3 fully saturated rings. The summed E-state index contributed by atoms with van der Waals surface area (Å²) in [5.74, 6) is -0.606. The summed E-state index contributed by atoms with van der Waals surface area (Å²) >= 11 is 0. The summed E-state index contributed by atoms with van der Waals surface area (Å²) in [5.41, 5.74) is 4.50. The molecular weight excluding hydrogens is 354 g/mol. The number of rotatable bonds is 6. The fourth-order valence-electron chi connectivity index (χ4n) is 5.57. The molecule has 1 amide bonds. The van der Waals surface area contributed by atoms with Crippen molar-refractivity contribution in [3.8, 4) is 11.1 Å². The van der Waals surface area contributed by atoms with Gasteiger partial charge in [-0.05, 0) is 53.4 Å². The molecular formula is C23H23NO4. The number of ether oxygens (including phenoxy) is 1. The van der Waals surface area contributed by atoms with Crippen molar-refractivity contribution in [1.82, 2.24) is 5.32 Å². The Balaban J connectivity index is 1.14. The van der Waals surface area contributed by atoms with Crippen LogP contribution < -0.4 is 5.32 Å². The van der Waals surface area contributed by atoms with Crippen molar-refractivity contribution in [2.75, 3.05) is 13.2 Å². The van der Waals surface area contributed by atoms with Crippen molar-refractivity contribution < 1.29 is 19.4 Å². The number of amides is 1. The number of alkyl carbamates (subject to hydrolysis) is 1. The lowest BCUT2D eigenvalue weighted by Crippen LogP contribution is -2.65. The van der Waals surface area contributed by atoms with Crippen LogP contribution in [0.4, 0.5) is 4.79 Å². The second kappa shape index (κ2) is 6.09. The van der Waals surface area contributed by atoms with E-state index in [9.17, 15) is 14.7 Å². The van der Waals surface area contributed by atoms with Crippen molar-refractivity contribution >= 4 is 12.1 Å². The predicted molar refractivity (Wildman–Crippen MR) is 104 cm³/mol. The van der Waals surface area contributed by atoms with Gasteiger partial charge in [-0.2, -0.15) is 0 Å². The number of hydrogen-bond donors (Lipinski definition) is 2. The first-order valence-electron chi connectivity index (χ1n) is 9.84. The Labute approximate surface area is 163 Å². The highest BCUT2D eigenvalue weighted by Crippen LogP contribution is 2.74. The summed E-state index contributed by atoms with van der Waals surface area (Å²) in [6.07, 6.45) is 2.68. The van der Waals surface area contributed by atoms with Crippen LogP contribution in [0.2, 0.25) is 0 Å². The van der Waals surface area contributed by atoms with E-state index in [1.807, 2.05) is 24.3 Å². The molecule has 2 aromatic carbocycles.